The van der Waals surface area contributed by atoms with Gasteiger partial charge >= 0.3 is 0 Å². The van der Waals surface area contributed by atoms with Gasteiger partial charge in [-0.15, -0.1) is 0 Å². The lowest BCUT2D eigenvalue weighted by molar-refractivity contribution is 0.453. The second kappa shape index (κ2) is 4.67. The third kappa shape index (κ3) is 2.91. The summed E-state index contributed by atoms with van der Waals surface area (Å²) in [6.07, 6.45) is 1.47. The Labute approximate surface area is 104 Å². The van der Waals surface area contributed by atoms with Gasteiger partial charge in [-0.05, 0) is 22.0 Å². The Morgan fingerprint density at radius 3 is 2.35 bits per heavy atom. The lowest BCUT2D eigenvalue weighted by Crippen LogP contribution is -1.95. The number of anilines is 1. The summed E-state index contributed by atoms with van der Waals surface area (Å²) in [5.74, 6) is -1.35. The van der Waals surface area contributed by atoms with Crippen LogP contribution in [0.5, 0.6) is 11.6 Å². The summed E-state index contributed by atoms with van der Waals surface area (Å²) in [5, 5.41) is 0. The normalized spacial score (nSPS) is 10.3. The molecular formula is C11H7BrF2N2O. The van der Waals surface area contributed by atoms with Crippen molar-refractivity contribution in [2.75, 3.05) is 5.73 Å². The van der Waals surface area contributed by atoms with E-state index in [1.807, 2.05) is 0 Å². The van der Waals surface area contributed by atoms with Crippen molar-refractivity contribution in [1.29, 1.82) is 0 Å². The summed E-state index contributed by atoms with van der Waals surface area (Å²) in [6.45, 7) is 0. The number of hydrogen-bond acceptors (Lipinski definition) is 3. The lowest BCUT2D eigenvalue weighted by Gasteiger charge is -2.07. The molecule has 0 amide bonds. The Balaban J connectivity index is 2.31. The van der Waals surface area contributed by atoms with Crippen molar-refractivity contribution in [3.05, 3.63) is 46.6 Å². The fourth-order valence-electron chi connectivity index (χ4n) is 1.23. The molecule has 1 aromatic carbocycles. The molecule has 0 atom stereocenters. The van der Waals surface area contributed by atoms with E-state index in [1.165, 1.54) is 6.20 Å². The van der Waals surface area contributed by atoms with E-state index in [0.29, 0.717) is 4.47 Å². The van der Waals surface area contributed by atoms with Gasteiger partial charge in [0.2, 0.25) is 5.88 Å². The summed E-state index contributed by atoms with van der Waals surface area (Å²) in [4.78, 5) is 3.89. The zero-order valence-corrected chi connectivity index (χ0v) is 10.0. The van der Waals surface area contributed by atoms with Gasteiger partial charge in [0.05, 0.1) is 5.69 Å². The van der Waals surface area contributed by atoms with Crippen molar-refractivity contribution in [3.63, 3.8) is 0 Å². The van der Waals surface area contributed by atoms with E-state index in [9.17, 15) is 8.78 Å². The molecule has 0 aliphatic heterocycles. The summed E-state index contributed by atoms with van der Waals surface area (Å²) in [5.41, 5.74) is 5.91. The monoisotopic (exact) mass is 300 g/mol. The van der Waals surface area contributed by atoms with Gasteiger partial charge in [-0.2, -0.15) is 0 Å². The zero-order valence-electron chi connectivity index (χ0n) is 8.45. The van der Waals surface area contributed by atoms with Crippen LogP contribution in [-0.4, -0.2) is 4.98 Å². The van der Waals surface area contributed by atoms with Crippen LogP contribution in [0.1, 0.15) is 0 Å². The van der Waals surface area contributed by atoms with Crippen molar-refractivity contribution in [2.45, 2.75) is 0 Å². The van der Waals surface area contributed by atoms with Crippen molar-refractivity contribution in [1.82, 2.24) is 4.98 Å². The third-order valence-corrected chi connectivity index (χ3v) is 2.33. The van der Waals surface area contributed by atoms with Crippen LogP contribution in [0.15, 0.2) is 34.9 Å². The standard InChI is InChI=1S/C11H7BrF2N2O/c12-6-1-10(15)11(16-5-6)17-9-3-7(13)2-8(14)4-9/h1-5H,15H2. The first-order valence-electron chi connectivity index (χ1n) is 4.59. The molecule has 2 N–H and O–H groups in total. The van der Waals surface area contributed by atoms with Gasteiger partial charge in [-0.1, -0.05) is 0 Å². The van der Waals surface area contributed by atoms with E-state index in [-0.39, 0.29) is 17.3 Å². The largest absolute Gasteiger partial charge is 0.437 e. The van der Waals surface area contributed by atoms with E-state index in [4.69, 9.17) is 10.5 Å². The molecule has 1 heterocycles. The molecule has 0 bridgehead atoms. The Hall–Kier alpha value is -1.69. The molecule has 88 valence electrons. The van der Waals surface area contributed by atoms with E-state index in [0.717, 1.165) is 18.2 Å². The highest BCUT2D eigenvalue weighted by Gasteiger charge is 2.07. The maximum atomic E-state index is 12.9. The molecule has 0 unspecified atom stereocenters. The number of ether oxygens (including phenoxy) is 1. The highest BCUT2D eigenvalue weighted by molar-refractivity contribution is 9.10. The smallest absolute Gasteiger partial charge is 0.242 e. The molecule has 0 fully saturated rings. The number of nitrogens with two attached hydrogens (primary N) is 1. The molecule has 0 spiro atoms. The number of rotatable bonds is 2. The maximum Gasteiger partial charge on any atom is 0.242 e. The fourth-order valence-corrected chi connectivity index (χ4v) is 1.58. The molecule has 0 saturated heterocycles. The van der Waals surface area contributed by atoms with Crippen LogP contribution in [0, 0.1) is 11.6 Å². The number of nitrogens with zero attached hydrogens (tertiary/aromatic N) is 1. The first kappa shape index (κ1) is 11.8. The SMILES string of the molecule is Nc1cc(Br)cnc1Oc1cc(F)cc(F)c1. The number of pyridine rings is 1. The van der Waals surface area contributed by atoms with Gasteiger partial charge in [0.25, 0.3) is 0 Å². The van der Waals surface area contributed by atoms with Crippen LogP contribution in [0.4, 0.5) is 14.5 Å². The summed E-state index contributed by atoms with van der Waals surface area (Å²) in [7, 11) is 0. The third-order valence-electron chi connectivity index (χ3n) is 1.90. The van der Waals surface area contributed by atoms with Crippen molar-refractivity contribution >= 4 is 21.6 Å². The minimum Gasteiger partial charge on any atom is -0.437 e. The Kier molecular flexibility index (Phi) is 3.23. The van der Waals surface area contributed by atoms with Crippen LogP contribution in [0.25, 0.3) is 0 Å². The van der Waals surface area contributed by atoms with Gasteiger partial charge in [0.15, 0.2) is 0 Å². The Bertz CT molecular complexity index is 543. The lowest BCUT2D eigenvalue weighted by atomic mass is 10.3. The molecule has 0 aliphatic carbocycles. The van der Waals surface area contributed by atoms with Gasteiger partial charge in [-0.3, -0.25) is 0 Å². The minimum absolute atomic E-state index is 0.00372. The summed E-state index contributed by atoms with van der Waals surface area (Å²) >= 11 is 3.19. The molecule has 1 aromatic heterocycles. The van der Waals surface area contributed by atoms with Crippen molar-refractivity contribution < 1.29 is 13.5 Å². The number of benzene rings is 1. The van der Waals surface area contributed by atoms with Gasteiger partial charge in [-0.25, -0.2) is 13.8 Å². The predicted molar refractivity (Wildman–Crippen MR) is 62.8 cm³/mol. The summed E-state index contributed by atoms with van der Waals surface area (Å²) in [6, 6.07) is 4.43. The van der Waals surface area contributed by atoms with Crippen LogP contribution in [0.2, 0.25) is 0 Å². The first-order valence-corrected chi connectivity index (χ1v) is 5.39. The fraction of sp³-hybridized carbons (Fsp3) is 0. The minimum atomic E-state index is -0.726. The van der Waals surface area contributed by atoms with Crippen LogP contribution in [-0.2, 0) is 0 Å². The van der Waals surface area contributed by atoms with Crippen molar-refractivity contribution in [2.24, 2.45) is 0 Å². The van der Waals surface area contributed by atoms with Crippen molar-refractivity contribution in [3.8, 4) is 11.6 Å². The van der Waals surface area contributed by atoms with E-state index < -0.39 is 11.6 Å². The average molecular weight is 301 g/mol. The Morgan fingerprint density at radius 1 is 1.12 bits per heavy atom. The average Bonchev–Trinajstić information content (AvgIpc) is 2.21. The van der Waals surface area contributed by atoms with Gasteiger partial charge < -0.3 is 10.5 Å². The Morgan fingerprint density at radius 2 is 1.76 bits per heavy atom. The highest BCUT2D eigenvalue weighted by atomic mass is 79.9. The van der Waals surface area contributed by atoms with E-state index >= 15 is 0 Å². The molecule has 2 aromatic rings. The molecule has 17 heavy (non-hydrogen) atoms. The molecule has 2 rings (SSSR count). The number of halogens is 3. The van der Waals surface area contributed by atoms with Crippen LogP contribution in [0.3, 0.4) is 0 Å². The van der Waals surface area contributed by atoms with Crippen LogP contribution < -0.4 is 10.5 Å². The topological polar surface area (TPSA) is 48.1 Å². The number of aromatic nitrogens is 1. The molecule has 0 aliphatic rings. The van der Waals surface area contributed by atoms with Gasteiger partial charge in [0.1, 0.15) is 17.4 Å². The predicted octanol–water partition coefficient (Wildman–Crippen LogP) is 3.50. The molecule has 3 nitrogen and oxygen atoms in total. The van der Waals surface area contributed by atoms with Gasteiger partial charge in [0, 0.05) is 28.9 Å². The maximum absolute atomic E-state index is 12.9. The second-order valence-electron chi connectivity index (χ2n) is 3.26. The number of nitrogen functional groups attached to an aromatic ring is 1. The summed E-state index contributed by atoms with van der Waals surface area (Å²) < 4.78 is 31.7. The molecular weight excluding hydrogens is 294 g/mol. The first-order chi connectivity index (χ1) is 8.04. The second-order valence-corrected chi connectivity index (χ2v) is 4.17. The zero-order chi connectivity index (χ0) is 12.4. The molecule has 6 heteroatoms. The quantitative estimate of drug-likeness (QED) is 0.923. The molecule has 0 radical (unpaired) electrons. The highest BCUT2D eigenvalue weighted by Crippen LogP contribution is 2.27. The molecule has 0 saturated carbocycles. The van der Waals surface area contributed by atoms with E-state index in [1.54, 1.807) is 6.07 Å². The van der Waals surface area contributed by atoms with Crippen LogP contribution >= 0.6 is 15.9 Å². The number of hydrogen-bond donors (Lipinski definition) is 1. The van der Waals surface area contributed by atoms with E-state index in [2.05, 4.69) is 20.9 Å².